The second kappa shape index (κ2) is 29.0. The molecule has 1 rings (SSSR count). The normalized spacial score (nSPS) is 11.7. The summed E-state index contributed by atoms with van der Waals surface area (Å²) in [7, 11) is -1.97. The van der Waals surface area contributed by atoms with Crippen molar-refractivity contribution in [2.75, 3.05) is 61.6 Å². The monoisotopic (exact) mass is 536 g/mol. The number of aryl methyl sites for hydroxylation is 1. The topological polar surface area (TPSA) is 201 Å². The highest BCUT2D eigenvalue weighted by atomic mass is 32.2. The first-order valence-corrected chi connectivity index (χ1v) is 15.6. The van der Waals surface area contributed by atoms with Crippen molar-refractivity contribution in [3.63, 3.8) is 0 Å². The Hall–Kier alpha value is -1.04. The van der Waals surface area contributed by atoms with E-state index in [1.165, 1.54) is 34.3 Å². The zero-order valence-electron chi connectivity index (χ0n) is 22.1. The number of hydrogen-bond donors (Lipinski definition) is 0. The van der Waals surface area contributed by atoms with Gasteiger partial charge in [-0.05, 0) is 26.2 Å². The smallest absolute Gasteiger partial charge is 0.131 e. The van der Waals surface area contributed by atoms with Gasteiger partial charge in [-0.2, -0.15) is 33.0 Å². The van der Waals surface area contributed by atoms with Crippen LogP contribution < -0.4 is 19.9 Å². The molecule has 0 N–H and O–H groups in total. The minimum atomic E-state index is -3.40. The number of sulfonamides is 1. The van der Waals surface area contributed by atoms with Crippen LogP contribution in [0.5, 0.6) is 0 Å². The summed E-state index contributed by atoms with van der Waals surface area (Å²) < 4.78 is 46.1. The van der Waals surface area contributed by atoms with Gasteiger partial charge in [0.1, 0.15) is 7.60 Å². The zero-order chi connectivity index (χ0) is 28.3. The molecule has 1 aromatic heterocycles. The zero-order valence-corrected chi connectivity index (χ0v) is 24.7. The van der Waals surface area contributed by atoms with Gasteiger partial charge in [0, 0.05) is 34.4 Å². The fourth-order valence-electron chi connectivity index (χ4n) is 0.386. The predicted octanol–water partition coefficient (Wildman–Crippen LogP) is 1.64. The highest BCUT2D eigenvalue weighted by Crippen LogP contribution is 2.28. The summed E-state index contributed by atoms with van der Waals surface area (Å²) in [5.74, 6) is -0.120. The summed E-state index contributed by atoms with van der Waals surface area (Å²) in [6, 6.07) is 3.90. The molecule has 0 saturated heterocycles. The van der Waals surface area contributed by atoms with Crippen LogP contribution >= 0.6 is 15.0 Å². The molecule has 0 aromatic carbocycles. The quantitative estimate of drug-likeness (QED) is 0.306. The van der Waals surface area contributed by atoms with Crippen molar-refractivity contribution in [1.82, 2.24) is 4.98 Å². The Bertz CT molecular complexity index is 704. The lowest BCUT2D eigenvalue weighted by Crippen LogP contribution is -2.10. The Morgan fingerprint density at radius 1 is 1.12 bits per heavy atom. The summed E-state index contributed by atoms with van der Waals surface area (Å²) in [5.41, 5.74) is 1.09. The van der Waals surface area contributed by atoms with Crippen LogP contribution in [0.4, 0.5) is 0 Å². The molecule has 1 heterocycles. The number of nitrogens with zero attached hydrogens (tertiary/aromatic N) is 4. The van der Waals surface area contributed by atoms with Crippen LogP contribution in [0.3, 0.4) is 0 Å². The molecule has 1 atom stereocenters. The highest BCUT2D eigenvalue weighted by Gasteiger charge is 1.87. The molecule has 0 saturated carbocycles. The number of hydrogen-bond acceptors (Lipinski definition) is 9. The first-order valence-electron chi connectivity index (χ1n) is 9.24. The van der Waals surface area contributed by atoms with E-state index in [4.69, 9.17) is 0 Å². The molecule has 33 heavy (non-hydrogen) atoms. The fraction of sp³-hybridized carbons (Fsp3) is 0.722. The average molecular weight is 537 g/mol. The van der Waals surface area contributed by atoms with Crippen molar-refractivity contribution < 1.29 is 37.0 Å². The van der Waals surface area contributed by atoms with E-state index in [1.54, 1.807) is 20.3 Å². The lowest BCUT2D eigenvalue weighted by molar-refractivity contribution is -0.215. The Morgan fingerprint density at radius 3 is 1.39 bits per heavy atom. The molecule has 0 fully saturated rings. The van der Waals surface area contributed by atoms with E-state index in [9.17, 15) is 32.4 Å². The van der Waals surface area contributed by atoms with Crippen molar-refractivity contribution >= 4 is 30.9 Å². The van der Waals surface area contributed by atoms with Gasteiger partial charge in [-0.1, -0.05) is 32.9 Å². The molecule has 0 amide bonds. The Kier molecular flexibility index (Phi) is 39.9. The number of aliphatic imine (C=N–C) groups is 1. The third-order valence-corrected chi connectivity index (χ3v) is 3.01. The van der Waals surface area contributed by atoms with Gasteiger partial charge in [0.05, 0.1) is 10.0 Å². The molecular formula is C18H42N4O8P2S-6. The van der Waals surface area contributed by atoms with E-state index in [0.717, 1.165) is 25.7 Å². The maximum Gasteiger partial charge on any atom is 0.131 e. The fourth-order valence-corrected chi connectivity index (χ4v) is 0.386. The van der Waals surface area contributed by atoms with Gasteiger partial charge in [0.25, 0.3) is 0 Å². The average Bonchev–Trinajstić information content (AvgIpc) is 3.14. The first kappa shape index (κ1) is 45.5. The Labute approximate surface area is 201 Å². The van der Waals surface area contributed by atoms with Gasteiger partial charge in [-0.25, -0.2) is 8.42 Å². The van der Waals surface area contributed by atoms with Crippen molar-refractivity contribution in [1.29, 1.82) is 0 Å². The molecule has 204 valence electrons. The first-order chi connectivity index (χ1) is 14.7. The van der Waals surface area contributed by atoms with Crippen LogP contribution in [-0.2, 0) is 23.7 Å². The minimum absolute atomic E-state index is 0.120. The van der Waals surface area contributed by atoms with Gasteiger partial charge in [0.2, 0.25) is 0 Å². The molecule has 0 aliphatic carbocycles. The van der Waals surface area contributed by atoms with E-state index in [2.05, 4.69) is 24.5 Å². The maximum atomic E-state index is 9.83. The van der Waals surface area contributed by atoms with Gasteiger partial charge in [0.15, 0.2) is 0 Å². The molecule has 1 aromatic rings. The van der Waals surface area contributed by atoms with Gasteiger partial charge in [-0.3, -0.25) is 0 Å². The second-order valence-corrected chi connectivity index (χ2v) is 11.8. The van der Waals surface area contributed by atoms with Gasteiger partial charge in [-0.15, -0.1) is 0 Å². The maximum absolute atomic E-state index is 9.83. The lowest BCUT2D eigenvalue weighted by Gasteiger charge is -2.12. The molecule has 0 spiro atoms. The minimum Gasteiger partial charge on any atom is -0.862 e. The Morgan fingerprint density at radius 2 is 1.36 bits per heavy atom. The molecule has 12 nitrogen and oxygen atoms in total. The van der Waals surface area contributed by atoms with E-state index < -0.39 is 25.0 Å². The summed E-state index contributed by atoms with van der Waals surface area (Å²) in [4.78, 5) is 26.6. The van der Waals surface area contributed by atoms with Crippen LogP contribution in [-0.4, -0.2) is 75.9 Å². The lowest BCUT2D eigenvalue weighted by atomic mass is 10.5. The molecule has 0 aliphatic heterocycles. The van der Waals surface area contributed by atoms with Crippen molar-refractivity contribution in [3.8, 4) is 0 Å². The van der Waals surface area contributed by atoms with Crippen molar-refractivity contribution in [2.45, 2.75) is 27.7 Å². The van der Waals surface area contributed by atoms with Crippen LogP contribution in [0.2, 0.25) is 0 Å². The molecule has 0 radical (unpaired) electrons. The van der Waals surface area contributed by atoms with Crippen molar-refractivity contribution in [3.05, 3.63) is 34.1 Å². The summed E-state index contributed by atoms with van der Waals surface area (Å²) >= 11 is 0. The summed E-state index contributed by atoms with van der Waals surface area (Å²) in [5, 5.41) is 13.1. The van der Waals surface area contributed by atoms with Crippen LogP contribution in [0, 0.1) is 6.92 Å². The molecular weight excluding hydrogens is 494 g/mol. The second-order valence-electron chi connectivity index (χ2n) is 5.59. The Balaban J connectivity index is -0.0000000660. The molecule has 15 heteroatoms. The van der Waals surface area contributed by atoms with E-state index in [-0.39, 0.29) is 5.90 Å². The van der Waals surface area contributed by atoms with Crippen LogP contribution in [0.25, 0.3) is 10.0 Å². The number of rotatable bonds is 2. The SMILES string of the molecule is CC.CN=C(C)[O-].COP(C)(=O)[O-].CP(C)(=O)[O-].C[N-]C.C[N-]S(C)(=O)=O.Cc1ccc[n-]1. The third kappa shape index (κ3) is 133. The van der Waals surface area contributed by atoms with E-state index in [0.29, 0.717) is 0 Å². The van der Waals surface area contributed by atoms with Crippen molar-refractivity contribution in [2.24, 2.45) is 4.99 Å². The predicted molar refractivity (Wildman–Crippen MR) is 134 cm³/mol. The van der Waals surface area contributed by atoms with Gasteiger partial charge < -0.3 is 48.6 Å². The summed E-state index contributed by atoms with van der Waals surface area (Å²) in [6.45, 7) is 10.8. The summed E-state index contributed by atoms with van der Waals surface area (Å²) in [6.07, 6.45) is 2.84. The van der Waals surface area contributed by atoms with E-state index in [1.807, 2.05) is 32.9 Å². The number of aromatic nitrogens is 1. The third-order valence-electron chi connectivity index (χ3n) is 1.68. The van der Waals surface area contributed by atoms with Crippen LogP contribution in [0.1, 0.15) is 26.5 Å². The van der Waals surface area contributed by atoms with Gasteiger partial charge >= 0.3 is 0 Å². The molecule has 0 bridgehead atoms. The largest absolute Gasteiger partial charge is 0.862 e. The molecule has 0 aliphatic rings. The standard InChI is InChI=1S/C5H6N.C3H7NO.C2H6NO2S.C2H6N.C2H7O3P.C2H7O2P.C2H6/c1-5-3-2-4-6-5;1-3(5)4-2;1-3-6(2,4)5;1-3-2;1-5-6(2,3)4;1-5(2,3)4;1-2/h2-4H,1H3;1-2H3,(H,4,5);1-2H3;1-2H3;1-2H3,(H,3,4);1-2H3,(H,3,4);1-2H3/q-1;;2*-1;;;/p-3. The van der Waals surface area contributed by atoms with E-state index >= 15 is 0 Å². The van der Waals surface area contributed by atoms with Crippen LogP contribution in [0.15, 0.2) is 23.3 Å². The molecule has 1 unspecified atom stereocenters. The highest BCUT2D eigenvalue weighted by molar-refractivity contribution is 7.93.